The maximum atomic E-state index is 5.82. The fourth-order valence-corrected chi connectivity index (χ4v) is 3.94. The summed E-state index contributed by atoms with van der Waals surface area (Å²) in [6.45, 7) is 9.92. The van der Waals surface area contributed by atoms with E-state index in [1.807, 2.05) is 0 Å². The van der Waals surface area contributed by atoms with Crippen LogP contribution in [0.25, 0.3) is 0 Å². The first-order chi connectivity index (χ1) is 10.3. The highest BCUT2D eigenvalue weighted by atomic mass is 16.5. The Hall–Kier alpha value is -0.120. The quantitative estimate of drug-likeness (QED) is 0.695. The Morgan fingerprint density at radius 1 is 1.10 bits per heavy atom. The van der Waals surface area contributed by atoms with Gasteiger partial charge in [-0.1, -0.05) is 39.5 Å². The number of piperazine rings is 1. The average Bonchev–Trinajstić information content (AvgIpc) is 2.55. The molecule has 0 spiro atoms. The molecule has 2 atom stereocenters. The summed E-state index contributed by atoms with van der Waals surface area (Å²) in [7, 11) is 0. The number of rotatable bonds is 8. The Balaban J connectivity index is 1.80. The second kappa shape index (κ2) is 9.81. The van der Waals surface area contributed by atoms with Crippen LogP contribution in [0.15, 0.2) is 0 Å². The van der Waals surface area contributed by atoms with Gasteiger partial charge in [-0.2, -0.15) is 0 Å². The zero-order valence-corrected chi connectivity index (χ0v) is 14.3. The molecule has 0 radical (unpaired) electrons. The molecule has 0 aromatic carbocycles. The van der Waals surface area contributed by atoms with Crippen molar-refractivity contribution in [2.75, 3.05) is 32.8 Å². The molecule has 1 aliphatic carbocycles. The van der Waals surface area contributed by atoms with E-state index < -0.39 is 0 Å². The van der Waals surface area contributed by atoms with Crippen molar-refractivity contribution in [2.24, 2.45) is 5.92 Å². The molecule has 0 aromatic rings. The van der Waals surface area contributed by atoms with Gasteiger partial charge in [-0.25, -0.2) is 0 Å². The van der Waals surface area contributed by atoms with Crippen molar-refractivity contribution >= 4 is 0 Å². The molecule has 2 aliphatic rings. The summed E-state index contributed by atoms with van der Waals surface area (Å²) in [4.78, 5) is 2.74. The first kappa shape index (κ1) is 17.2. The molecule has 0 aromatic heterocycles. The van der Waals surface area contributed by atoms with E-state index in [2.05, 4.69) is 24.1 Å². The third kappa shape index (κ3) is 5.54. The van der Waals surface area contributed by atoms with Gasteiger partial charge in [-0.05, 0) is 31.6 Å². The molecule has 1 aliphatic heterocycles. The van der Waals surface area contributed by atoms with Gasteiger partial charge >= 0.3 is 0 Å². The Morgan fingerprint density at radius 2 is 1.90 bits per heavy atom. The lowest BCUT2D eigenvalue weighted by Gasteiger charge is -2.45. The normalized spacial score (nSPS) is 28.9. The highest BCUT2D eigenvalue weighted by Crippen LogP contribution is 2.30. The third-order valence-electron chi connectivity index (χ3n) is 5.39. The molecule has 1 heterocycles. The standard InChI is InChI=1S/C18H36N2O/c1-3-5-12-21-13-11-20-15-17(4-2)19-14-18(20)16-9-7-6-8-10-16/h16-19H,3-15H2,1-2H3. The van der Waals surface area contributed by atoms with E-state index in [0.717, 1.165) is 31.7 Å². The smallest absolute Gasteiger partial charge is 0.0593 e. The lowest BCUT2D eigenvalue weighted by molar-refractivity contribution is 0.0351. The largest absolute Gasteiger partial charge is 0.380 e. The Labute approximate surface area is 131 Å². The van der Waals surface area contributed by atoms with Gasteiger partial charge in [0.2, 0.25) is 0 Å². The maximum Gasteiger partial charge on any atom is 0.0593 e. The lowest BCUT2D eigenvalue weighted by atomic mass is 9.82. The van der Waals surface area contributed by atoms with Gasteiger partial charge in [0.25, 0.3) is 0 Å². The predicted octanol–water partition coefficient (Wildman–Crippen LogP) is 3.44. The van der Waals surface area contributed by atoms with Crippen LogP contribution in [-0.2, 0) is 4.74 Å². The minimum absolute atomic E-state index is 0.681. The van der Waals surface area contributed by atoms with Crippen molar-refractivity contribution in [1.29, 1.82) is 0 Å². The summed E-state index contributed by atoms with van der Waals surface area (Å²) >= 11 is 0. The van der Waals surface area contributed by atoms with Crippen molar-refractivity contribution in [1.82, 2.24) is 10.2 Å². The fraction of sp³-hybridized carbons (Fsp3) is 1.00. The minimum Gasteiger partial charge on any atom is -0.380 e. The van der Waals surface area contributed by atoms with Crippen molar-refractivity contribution in [3.8, 4) is 0 Å². The van der Waals surface area contributed by atoms with E-state index in [1.165, 1.54) is 64.5 Å². The van der Waals surface area contributed by atoms with Gasteiger partial charge < -0.3 is 10.1 Å². The van der Waals surface area contributed by atoms with Gasteiger partial charge in [-0.15, -0.1) is 0 Å². The van der Waals surface area contributed by atoms with Crippen LogP contribution >= 0.6 is 0 Å². The number of unbranched alkanes of at least 4 members (excludes halogenated alkanes) is 1. The molecule has 1 N–H and O–H groups in total. The van der Waals surface area contributed by atoms with Gasteiger partial charge in [0, 0.05) is 38.3 Å². The zero-order valence-electron chi connectivity index (χ0n) is 14.3. The topological polar surface area (TPSA) is 24.5 Å². The summed E-state index contributed by atoms with van der Waals surface area (Å²) < 4.78 is 5.82. The Kier molecular flexibility index (Phi) is 8.05. The molecule has 1 saturated carbocycles. The number of ether oxygens (including phenoxy) is 1. The third-order valence-corrected chi connectivity index (χ3v) is 5.39. The summed E-state index contributed by atoms with van der Waals surface area (Å²) in [5, 5.41) is 3.77. The van der Waals surface area contributed by atoms with Crippen LogP contribution in [0.4, 0.5) is 0 Å². The number of hydrogen-bond acceptors (Lipinski definition) is 3. The number of hydrogen-bond donors (Lipinski definition) is 1. The van der Waals surface area contributed by atoms with Crippen molar-refractivity contribution in [3.05, 3.63) is 0 Å². The average molecular weight is 296 g/mol. The second-order valence-corrected chi connectivity index (χ2v) is 6.94. The van der Waals surface area contributed by atoms with Gasteiger partial charge in [0.05, 0.1) is 6.61 Å². The van der Waals surface area contributed by atoms with Gasteiger partial charge in [0.15, 0.2) is 0 Å². The van der Waals surface area contributed by atoms with E-state index in [0.29, 0.717) is 6.04 Å². The highest BCUT2D eigenvalue weighted by molar-refractivity contribution is 4.90. The van der Waals surface area contributed by atoms with Gasteiger partial charge in [-0.3, -0.25) is 4.90 Å². The van der Waals surface area contributed by atoms with Crippen molar-refractivity contribution in [3.63, 3.8) is 0 Å². The van der Waals surface area contributed by atoms with Crippen LogP contribution in [-0.4, -0.2) is 49.8 Å². The highest BCUT2D eigenvalue weighted by Gasteiger charge is 2.33. The molecule has 2 fully saturated rings. The van der Waals surface area contributed by atoms with Crippen LogP contribution in [0.5, 0.6) is 0 Å². The van der Waals surface area contributed by atoms with E-state index in [1.54, 1.807) is 0 Å². The summed E-state index contributed by atoms with van der Waals surface area (Å²) in [6.07, 6.45) is 10.9. The molecule has 0 bridgehead atoms. The zero-order chi connectivity index (χ0) is 14.9. The summed E-state index contributed by atoms with van der Waals surface area (Å²) in [5.74, 6) is 0.916. The summed E-state index contributed by atoms with van der Waals surface area (Å²) in [5.41, 5.74) is 0. The molecule has 0 amide bonds. The Morgan fingerprint density at radius 3 is 2.62 bits per heavy atom. The molecule has 2 rings (SSSR count). The van der Waals surface area contributed by atoms with Crippen LogP contribution < -0.4 is 5.32 Å². The molecule has 21 heavy (non-hydrogen) atoms. The lowest BCUT2D eigenvalue weighted by Crippen LogP contribution is -2.59. The molecule has 3 nitrogen and oxygen atoms in total. The maximum absolute atomic E-state index is 5.82. The van der Waals surface area contributed by atoms with E-state index in [-0.39, 0.29) is 0 Å². The summed E-state index contributed by atoms with van der Waals surface area (Å²) in [6, 6.07) is 1.43. The van der Waals surface area contributed by atoms with Gasteiger partial charge in [0.1, 0.15) is 0 Å². The van der Waals surface area contributed by atoms with Crippen molar-refractivity contribution in [2.45, 2.75) is 77.3 Å². The van der Waals surface area contributed by atoms with E-state index in [4.69, 9.17) is 4.74 Å². The molecular weight excluding hydrogens is 260 g/mol. The molecule has 124 valence electrons. The van der Waals surface area contributed by atoms with Crippen LogP contribution in [0, 0.1) is 5.92 Å². The van der Waals surface area contributed by atoms with Crippen LogP contribution in [0.2, 0.25) is 0 Å². The first-order valence-electron chi connectivity index (χ1n) is 9.40. The molecule has 2 unspecified atom stereocenters. The SMILES string of the molecule is CCCCOCCN1CC(CC)NCC1C1CCCCC1. The monoisotopic (exact) mass is 296 g/mol. The second-order valence-electron chi connectivity index (χ2n) is 6.94. The molecule has 3 heteroatoms. The first-order valence-corrected chi connectivity index (χ1v) is 9.40. The van der Waals surface area contributed by atoms with E-state index >= 15 is 0 Å². The predicted molar refractivity (Wildman–Crippen MR) is 89.7 cm³/mol. The Bertz CT molecular complexity index is 266. The van der Waals surface area contributed by atoms with Crippen LogP contribution in [0.1, 0.15) is 65.2 Å². The molecule has 1 saturated heterocycles. The van der Waals surface area contributed by atoms with Crippen LogP contribution in [0.3, 0.4) is 0 Å². The fourth-order valence-electron chi connectivity index (χ4n) is 3.94. The van der Waals surface area contributed by atoms with Crippen molar-refractivity contribution < 1.29 is 4.74 Å². The number of nitrogens with one attached hydrogen (secondary N) is 1. The van der Waals surface area contributed by atoms with E-state index in [9.17, 15) is 0 Å². The minimum atomic E-state index is 0.681. The molecular formula is C18H36N2O. The number of nitrogens with zero attached hydrogens (tertiary/aromatic N) is 1.